The molecule has 0 spiro atoms. The first-order valence-electron chi connectivity index (χ1n) is 7.87. The summed E-state index contributed by atoms with van der Waals surface area (Å²) in [5, 5.41) is 29.2. The number of piperazine rings is 1. The Labute approximate surface area is 154 Å². The van der Waals surface area contributed by atoms with E-state index in [1.165, 1.54) is 17.0 Å². The number of aromatic hydroxyl groups is 1. The van der Waals surface area contributed by atoms with Gasteiger partial charge in [0.25, 0.3) is 5.91 Å². The Kier molecular flexibility index (Phi) is 5.11. The minimum atomic E-state index is -1.53. The molecular formula is C16H18Cl2N2O5. The highest BCUT2D eigenvalue weighted by Gasteiger charge is 2.43. The van der Waals surface area contributed by atoms with Gasteiger partial charge in [-0.05, 0) is 18.6 Å². The van der Waals surface area contributed by atoms with E-state index in [1.54, 1.807) is 4.90 Å². The second-order valence-corrected chi connectivity index (χ2v) is 7.13. The van der Waals surface area contributed by atoms with E-state index in [4.69, 9.17) is 28.3 Å². The third-order valence-electron chi connectivity index (χ3n) is 4.78. The third-order valence-corrected chi connectivity index (χ3v) is 5.60. The van der Waals surface area contributed by atoms with Gasteiger partial charge in [-0.2, -0.15) is 0 Å². The van der Waals surface area contributed by atoms with Gasteiger partial charge in [-0.25, -0.2) is 0 Å². The Hall–Kier alpha value is -1.54. The van der Waals surface area contributed by atoms with Crippen LogP contribution in [0, 0.1) is 0 Å². The van der Waals surface area contributed by atoms with Crippen molar-refractivity contribution in [1.29, 1.82) is 0 Å². The molecule has 2 aliphatic heterocycles. The molecule has 2 heterocycles. The third kappa shape index (κ3) is 3.29. The van der Waals surface area contributed by atoms with Gasteiger partial charge in [0.1, 0.15) is 5.75 Å². The van der Waals surface area contributed by atoms with Crippen LogP contribution in [0.5, 0.6) is 5.75 Å². The number of aliphatic hydroxyl groups is 2. The van der Waals surface area contributed by atoms with Crippen molar-refractivity contribution in [1.82, 2.24) is 9.80 Å². The van der Waals surface area contributed by atoms with Gasteiger partial charge in [0, 0.05) is 24.6 Å². The first-order valence-corrected chi connectivity index (χ1v) is 8.63. The average molecular weight is 389 g/mol. The number of amides is 2. The van der Waals surface area contributed by atoms with Crippen LogP contribution in [-0.2, 0) is 9.59 Å². The Balaban J connectivity index is 1.81. The summed E-state index contributed by atoms with van der Waals surface area (Å²) in [5.74, 6) is -1.08. The van der Waals surface area contributed by atoms with E-state index in [-0.39, 0.29) is 41.7 Å². The molecule has 9 heteroatoms. The first-order chi connectivity index (χ1) is 11.8. The Morgan fingerprint density at radius 3 is 2.72 bits per heavy atom. The van der Waals surface area contributed by atoms with E-state index in [9.17, 15) is 19.8 Å². The van der Waals surface area contributed by atoms with Crippen molar-refractivity contribution in [2.75, 3.05) is 26.2 Å². The lowest BCUT2D eigenvalue weighted by Crippen LogP contribution is -2.57. The molecule has 136 valence electrons. The average Bonchev–Trinajstić information content (AvgIpc) is 3.01. The van der Waals surface area contributed by atoms with Crippen molar-refractivity contribution < 1.29 is 24.9 Å². The van der Waals surface area contributed by atoms with E-state index >= 15 is 0 Å². The molecule has 0 aliphatic carbocycles. The zero-order chi connectivity index (χ0) is 18.3. The second-order valence-electron chi connectivity index (χ2n) is 6.34. The summed E-state index contributed by atoms with van der Waals surface area (Å²) in [6.45, 7) is -0.195. The number of halogens is 2. The summed E-state index contributed by atoms with van der Waals surface area (Å²) in [4.78, 5) is 27.3. The predicted molar refractivity (Wildman–Crippen MR) is 90.7 cm³/mol. The summed E-state index contributed by atoms with van der Waals surface area (Å²) in [7, 11) is 0. The maximum atomic E-state index is 12.4. The number of hydrogen-bond donors (Lipinski definition) is 3. The smallest absolute Gasteiger partial charge is 0.254 e. The normalized spacial score (nSPS) is 24.4. The van der Waals surface area contributed by atoms with Crippen LogP contribution in [0.1, 0.15) is 17.9 Å². The summed E-state index contributed by atoms with van der Waals surface area (Å²) >= 11 is 12.3. The number of rotatable bonds is 3. The molecule has 0 aromatic heterocycles. The minimum absolute atomic E-state index is 0.0235. The summed E-state index contributed by atoms with van der Waals surface area (Å²) in [5.41, 5.74) is 0.504. The number of benzene rings is 1. The van der Waals surface area contributed by atoms with E-state index in [2.05, 4.69) is 0 Å². The molecule has 1 aromatic carbocycles. The number of nitrogens with zero attached hydrogens (tertiary/aromatic N) is 2. The topological polar surface area (TPSA) is 101 Å². The summed E-state index contributed by atoms with van der Waals surface area (Å²) in [6, 6.07) is 2.73. The molecule has 0 unspecified atom stereocenters. The molecule has 3 rings (SSSR count). The van der Waals surface area contributed by atoms with Crippen LogP contribution in [-0.4, -0.2) is 75.3 Å². The highest BCUT2D eigenvalue weighted by Crippen LogP contribution is 2.43. The van der Waals surface area contributed by atoms with Gasteiger partial charge in [0.2, 0.25) is 5.91 Å². The van der Waals surface area contributed by atoms with Gasteiger partial charge in [-0.1, -0.05) is 23.2 Å². The van der Waals surface area contributed by atoms with Crippen molar-refractivity contribution >= 4 is 35.0 Å². The fourth-order valence-electron chi connectivity index (χ4n) is 3.58. The Morgan fingerprint density at radius 1 is 1.32 bits per heavy atom. The van der Waals surface area contributed by atoms with E-state index in [1.807, 2.05) is 0 Å². The molecule has 25 heavy (non-hydrogen) atoms. The molecule has 0 radical (unpaired) electrons. The van der Waals surface area contributed by atoms with Crippen LogP contribution in [0.15, 0.2) is 12.1 Å². The quantitative estimate of drug-likeness (QED) is 0.702. The number of carbonyl (C=O) groups is 2. The van der Waals surface area contributed by atoms with Crippen molar-refractivity contribution in [3.8, 4) is 5.75 Å². The standard InChI is InChI=1S/C16H18Cl2N2O5/c17-10-1-2-11(22)14(15(10)18)8-3-9-5-19(16(25)12(23)7-21)6-13(24)20(9)4-8/h1-2,8-9,12,21-23H,3-7H2/t8-,9-,12+/m0/s1. The fraction of sp³-hybridized carbons (Fsp3) is 0.500. The second kappa shape index (κ2) is 6.99. The van der Waals surface area contributed by atoms with E-state index in [0.29, 0.717) is 23.6 Å². The van der Waals surface area contributed by atoms with Gasteiger partial charge in [0.15, 0.2) is 6.10 Å². The summed E-state index contributed by atoms with van der Waals surface area (Å²) < 4.78 is 0. The van der Waals surface area contributed by atoms with Crippen LogP contribution < -0.4 is 0 Å². The van der Waals surface area contributed by atoms with Gasteiger partial charge in [-0.15, -0.1) is 0 Å². The maximum Gasteiger partial charge on any atom is 0.254 e. The van der Waals surface area contributed by atoms with Gasteiger partial charge < -0.3 is 25.1 Å². The molecule has 1 aromatic rings. The lowest BCUT2D eigenvalue weighted by atomic mass is 9.95. The molecule has 2 amide bonds. The van der Waals surface area contributed by atoms with Crippen LogP contribution in [0.2, 0.25) is 10.0 Å². The number of phenols is 1. The molecule has 3 N–H and O–H groups in total. The molecule has 0 bridgehead atoms. The number of hydrogen-bond acceptors (Lipinski definition) is 5. The number of aliphatic hydroxyl groups excluding tert-OH is 2. The monoisotopic (exact) mass is 388 g/mol. The van der Waals surface area contributed by atoms with Crippen molar-refractivity contribution in [2.45, 2.75) is 24.5 Å². The summed E-state index contributed by atoms with van der Waals surface area (Å²) in [6.07, 6.45) is -1.01. The molecule has 0 saturated carbocycles. The number of fused-ring (bicyclic) bond motifs is 1. The Morgan fingerprint density at radius 2 is 2.04 bits per heavy atom. The number of phenolic OH excluding ortho intramolecular Hbond substituents is 1. The van der Waals surface area contributed by atoms with Crippen molar-refractivity contribution in [3.05, 3.63) is 27.7 Å². The first kappa shape index (κ1) is 18.3. The molecule has 2 aliphatic rings. The van der Waals surface area contributed by atoms with Crippen molar-refractivity contribution in [2.24, 2.45) is 0 Å². The van der Waals surface area contributed by atoms with Crippen molar-refractivity contribution in [3.63, 3.8) is 0 Å². The predicted octanol–water partition coefficient (Wildman–Crippen LogP) is 0.579. The van der Waals surface area contributed by atoms with Gasteiger partial charge in [0.05, 0.1) is 29.2 Å². The SMILES string of the molecule is O=C([C@H](O)CO)N1CC(=O)N2C[C@@H](c3c(O)ccc(Cl)c3Cl)C[C@H]2C1. The van der Waals surface area contributed by atoms with Crippen LogP contribution in [0.3, 0.4) is 0 Å². The lowest BCUT2D eigenvalue weighted by Gasteiger charge is -2.37. The minimum Gasteiger partial charge on any atom is -0.508 e. The molecule has 2 saturated heterocycles. The van der Waals surface area contributed by atoms with Gasteiger partial charge in [-0.3, -0.25) is 9.59 Å². The number of carbonyl (C=O) groups excluding carboxylic acids is 2. The van der Waals surface area contributed by atoms with Crippen LogP contribution in [0.4, 0.5) is 0 Å². The highest BCUT2D eigenvalue weighted by atomic mass is 35.5. The molecule has 7 nitrogen and oxygen atoms in total. The molecule has 2 fully saturated rings. The van der Waals surface area contributed by atoms with Crippen LogP contribution >= 0.6 is 23.2 Å². The molecular weight excluding hydrogens is 371 g/mol. The van der Waals surface area contributed by atoms with Crippen LogP contribution in [0.25, 0.3) is 0 Å². The molecule has 3 atom stereocenters. The largest absolute Gasteiger partial charge is 0.508 e. The highest BCUT2D eigenvalue weighted by molar-refractivity contribution is 6.42. The lowest BCUT2D eigenvalue weighted by molar-refractivity contribution is -0.153. The maximum absolute atomic E-state index is 12.4. The van der Waals surface area contributed by atoms with E-state index < -0.39 is 18.6 Å². The van der Waals surface area contributed by atoms with Gasteiger partial charge >= 0.3 is 0 Å². The zero-order valence-corrected chi connectivity index (χ0v) is 14.7. The Bertz CT molecular complexity index is 714. The zero-order valence-electron chi connectivity index (χ0n) is 13.2. The fourth-order valence-corrected chi connectivity index (χ4v) is 4.06. The van der Waals surface area contributed by atoms with E-state index in [0.717, 1.165) is 0 Å².